The number of methoxy groups -OCH3 is 1. The first-order chi connectivity index (χ1) is 7.97. The molecule has 0 fully saturated rings. The van der Waals surface area contributed by atoms with Gasteiger partial charge in [0.05, 0.1) is 22.8 Å². The van der Waals surface area contributed by atoms with Crippen LogP contribution < -0.4 is 4.74 Å². The fourth-order valence-electron chi connectivity index (χ4n) is 1.96. The number of benzene rings is 1. The Bertz CT molecular complexity index is 616. The highest BCUT2D eigenvalue weighted by atomic mass is 79.9. The minimum absolute atomic E-state index is 0.112. The third-order valence-electron chi connectivity index (χ3n) is 2.76. The molecule has 0 aliphatic carbocycles. The molecular weight excluding hydrogens is 286 g/mol. The van der Waals surface area contributed by atoms with Crippen LogP contribution in [0.4, 0.5) is 0 Å². The number of aromatic hydroxyl groups is 1. The van der Waals surface area contributed by atoms with Crippen LogP contribution in [-0.4, -0.2) is 22.7 Å². The molecule has 0 saturated heterocycles. The fraction of sp³-hybridized carbons (Fsp3) is 0.250. The summed E-state index contributed by atoms with van der Waals surface area (Å²) >= 11 is 3.36. The fourth-order valence-corrected chi connectivity index (χ4v) is 2.45. The molecule has 0 saturated carbocycles. The van der Waals surface area contributed by atoms with Crippen molar-refractivity contribution < 1.29 is 14.6 Å². The van der Waals surface area contributed by atoms with Crippen LogP contribution in [0, 0.1) is 6.92 Å². The zero-order valence-electron chi connectivity index (χ0n) is 9.74. The summed E-state index contributed by atoms with van der Waals surface area (Å²) in [6, 6.07) is 3.48. The Hall–Kier alpha value is -1.49. The van der Waals surface area contributed by atoms with Crippen LogP contribution in [0.5, 0.6) is 11.5 Å². The first-order valence-corrected chi connectivity index (χ1v) is 5.85. The zero-order chi connectivity index (χ0) is 12.7. The minimum atomic E-state index is -0.134. The minimum Gasteiger partial charge on any atom is -0.505 e. The number of halogens is 1. The van der Waals surface area contributed by atoms with E-state index >= 15 is 0 Å². The van der Waals surface area contributed by atoms with Crippen LogP contribution in [-0.2, 0) is 0 Å². The van der Waals surface area contributed by atoms with Crippen LogP contribution >= 0.6 is 15.9 Å². The molecule has 17 heavy (non-hydrogen) atoms. The molecule has 4 nitrogen and oxygen atoms in total. The Morgan fingerprint density at radius 1 is 1.47 bits per heavy atom. The van der Waals surface area contributed by atoms with Gasteiger partial charge in [0, 0.05) is 12.3 Å². The maximum Gasteiger partial charge on any atom is 0.228 e. The Balaban J connectivity index is 2.91. The van der Waals surface area contributed by atoms with Crippen molar-refractivity contribution in [1.29, 1.82) is 0 Å². The van der Waals surface area contributed by atoms with E-state index < -0.39 is 0 Å². The molecule has 1 aromatic carbocycles. The van der Waals surface area contributed by atoms with Crippen LogP contribution in [0.15, 0.2) is 16.6 Å². The van der Waals surface area contributed by atoms with Crippen molar-refractivity contribution in [2.24, 2.45) is 0 Å². The van der Waals surface area contributed by atoms with Gasteiger partial charge < -0.3 is 9.84 Å². The van der Waals surface area contributed by atoms with Crippen molar-refractivity contribution in [2.45, 2.75) is 13.8 Å². The van der Waals surface area contributed by atoms with Crippen LogP contribution in [0.25, 0.3) is 10.9 Å². The lowest BCUT2D eigenvalue weighted by atomic mass is 10.2. The van der Waals surface area contributed by atoms with Crippen molar-refractivity contribution in [3.05, 3.63) is 22.3 Å². The SMILES string of the molecule is COc1cc2c(O)c(C)n(C(C)=O)c2cc1Br. The summed E-state index contributed by atoms with van der Waals surface area (Å²) in [5, 5.41) is 10.6. The molecule has 1 aromatic heterocycles. The maximum absolute atomic E-state index is 11.6. The van der Waals surface area contributed by atoms with Crippen molar-refractivity contribution in [3.8, 4) is 11.5 Å². The summed E-state index contributed by atoms with van der Waals surface area (Å²) in [6.07, 6.45) is 0. The van der Waals surface area contributed by atoms with E-state index in [1.165, 1.54) is 11.5 Å². The molecule has 0 spiro atoms. The van der Waals surface area contributed by atoms with Crippen LogP contribution in [0.3, 0.4) is 0 Å². The second-order valence-corrected chi connectivity index (χ2v) is 4.65. The number of ether oxygens (including phenoxy) is 1. The summed E-state index contributed by atoms with van der Waals surface area (Å²) in [6.45, 7) is 3.17. The van der Waals surface area contributed by atoms with Crippen molar-refractivity contribution in [3.63, 3.8) is 0 Å². The van der Waals surface area contributed by atoms with Crippen molar-refractivity contribution in [1.82, 2.24) is 4.57 Å². The lowest BCUT2D eigenvalue weighted by Gasteiger charge is -2.05. The molecule has 5 heteroatoms. The molecule has 0 aliphatic rings. The highest BCUT2D eigenvalue weighted by Gasteiger charge is 2.17. The number of carbonyl (C=O) groups is 1. The summed E-state index contributed by atoms with van der Waals surface area (Å²) in [4.78, 5) is 11.6. The Morgan fingerprint density at radius 3 is 2.65 bits per heavy atom. The predicted octanol–water partition coefficient (Wildman–Crippen LogP) is 3.09. The van der Waals surface area contributed by atoms with Gasteiger partial charge in [0.1, 0.15) is 11.5 Å². The second-order valence-electron chi connectivity index (χ2n) is 3.79. The molecule has 2 aromatic rings. The van der Waals surface area contributed by atoms with Gasteiger partial charge in [0.15, 0.2) is 0 Å². The molecule has 2 rings (SSSR count). The Morgan fingerprint density at radius 2 is 2.12 bits per heavy atom. The molecule has 0 unspecified atom stereocenters. The lowest BCUT2D eigenvalue weighted by Crippen LogP contribution is -2.06. The van der Waals surface area contributed by atoms with E-state index in [4.69, 9.17) is 4.74 Å². The van der Waals surface area contributed by atoms with Gasteiger partial charge in [0.2, 0.25) is 5.91 Å². The zero-order valence-corrected chi connectivity index (χ0v) is 11.3. The Kier molecular flexibility index (Phi) is 2.87. The number of aromatic nitrogens is 1. The number of fused-ring (bicyclic) bond motifs is 1. The van der Waals surface area contributed by atoms with E-state index in [-0.39, 0.29) is 11.7 Å². The molecule has 1 N–H and O–H groups in total. The van der Waals surface area contributed by atoms with Crippen LogP contribution in [0.1, 0.15) is 17.4 Å². The molecule has 0 radical (unpaired) electrons. The van der Waals surface area contributed by atoms with Gasteiger partial charge in [-0.3, -0.25) is 9.36 Å². The molecule has 0 atom stereocenters. The molecule has 0 aliphatic heterocycles. The van der Waals surface area contributed by atoms with Gasteiger partial charge in [-0.25, -0.2) is 0 Å². The monoisotopic (exact) mass is 297 g/mol. The van der Waals surface area contributed by atoms with E-state index in [0.29, 0.717) is 22.3 Å². The molecule has 90 valence electrons. The second kappa shape index (κ2) is 4.07. The van der Waals surface area contributed by atoms with E-state index in [1.807, 2.05) is 0 Å². The summed E-state index contributed by atoms with van der Waals surface area (Å²) < 4.78 is 7.39. The average Bonchev–Trinajstić information content (AvgIpc) is 2.50. The number of hydrogen-bond donors (Lipinski definition) is 1. The van der Waals surface area contributed by atoms with Crippen molar-refractivity contribution in [2.75, 3.05) is 7.11 Å². The first-order valence-electron chi connectivity index (χ1n) is 5.05. The number of rotatable bonds is 1. The highest BCUT2D eigenvalue weighted by Crippen LogP contribution is 2.38. The summed E-state index contributed by atoms with van der Waals surface area (Å²) in [7, 11) is 1.55. The summed E-state index contributed by atoms with van der Waals surface area (Å²) in [5.74, 6) is 0.597. The third kappa shape index (κ3) is 1.70. The van der Waals surface area contributed by atoms with E-state index in [9.17, 15) is 9.90 Å². The molecule has 0 bridgehead atoms. The maximum atomic E-state index is 11.6. The smallest absolute Gasteiger partial charge is 0.228 e. The van der Waals surface area contributed by atoms with Gasteiger partial charge in [-0.2, -0.15) is 0 Å². The van der Waals surface area contributed by atoms with Gasteiger partial charge in [0.25, 0.3) is 0 Å². The van der Waals surface area contributed by atoms with Gasteiger partial charge in [-0.1, -0.05) is 0 Å². The predicted molar refractivity (Wildman–Crippen MR) is 68.9 cm³/mol. The quantitative estimate of drug-likeness (QED) is 0.880. The first kappa shape index (κ1) is 12.0. The number of nitrogens with zero attached hydrogens (tertiary/aromatic N) is 1. The number of carbonyl (C=O) groups excluding carboxylic acids is 1. The van der Waals surface area contributed by atoms with Gasteiger partial charge in [-0.05, 0) is 35.0 Å². The number of hydrogen-bond acceptors (Lipinski definition) is 3. The largest absolute Gasteiger partial charge is 0.505 e. The molecule has 0 amide bonds. The van der Waals surface area contributed by atoms with Gasteiger partial charge >= 0.3 is 0 Å². The van der Waals surface area contributed by atoms with Gasteiger partial charge in [-0.15, -0.1) is 0 Å². The van der Waals surface area contributed by atoms with Crippen LogP contribution in [0.2, 0.25) is 0 Å². The summed E-state index contributed by atoms with van der Waals surface area (Å²) in [5.41, 5.74) is 1.20. The van der Waals surface area contributed by atoms with E-state index in [0.717, 1.165) is 4.47 Å². The lowest BCUT2D eigenvalue weighted by molar-refractivity contribution is 0.0939. The normalized spacial score (nSPS) is 10.8. The van der Waals surface area contributed by atoms with Crippen molar-refractivity contribution >= 4 is 32.7 Å². The molecular formula is C12H12BrNO3. The third-order valence-corrected chi connectivity index (χ3v) is 3.38. The topological polar surface area (TPSA) is 51.5 Å². The standard InChI is InChI=1S/C12H12BrNO3/c1-6-12(16)8-4-11(17-3)9(13)5-10(8)14(6)7(2)15/h4-5,16H,1-3H3. The van der Waals surface area contributed by atoms with E-state index in [2.05, 4.69) is 15.9 Å². The molecule has 1 heterocycles. The Labute approximate surface area is 107 Å². The average molecular weight is 298 g/mol. The highest BCUT2D eigenvalue weighted by molar-refractivity contribution is 9.10. The van der Waals surface area contributed by atoms with E-state index in [1.54, 1.807) is 26.2 Å².